The second kappa shape index (κ2) is 5.17. The zero-order valence-electron chi connectivity index (χ0n) is 11.8. The Labute approximate surface area is 119 Å². The number of nitrogens with one attached hydrogen (secondary N) is 1. The van der Waals surface area contributed by atoms with Crippen LogP contribution in [0.15, 0.2) is 41.3 Å². The van der Waals surface area contributed by atoms with Crippen molar-refractivity contribution in [1.82, 2.24) is 0 Å². The van der Waals surface area contributed by atoms with Crippen molar-refractivity contribution in [3.05, 3.63) is 53.1 Å². The van der Waals surface area contributed by atoms with E-state index >= 15 is 0 Å². The van der Waals surface area contributed by atoms with Gasteiger partial charge in [0.05, 0.1) is 16.3 Å². The van der Waals surface area contributed by atoms with E-state index in [4.69, 9.17) is 5.73 Å². The first kappa shape index (κ1) is 14.4. The van der Waals surface area contributed by atoms with E-state index in [1.807, 2.05) is 26.0 Å². The van der Waals surface area contributed by atoms with E-state index in [2.05, 4.69) is 4.72 Å². The summed E-state index contributed by atoms with van der Waals surface area (Å²) in [6.07, 6.45) is 0. The van der Waals surface area contributed by atoms with Crippen molar-refractivity contribution < 1.29 is 8.42 Å². The molecule has 0 spiro atoms. The van der Waals surface area contributed by atoms with Crippen molar-refractivity contribution >= 4 is 21.4 Å². The maximum absolute atomic E-state index is 12.4. The number of hydrogen-bond acceptors (Lipinski definition) is 3. The molecular weight excluding hydrogens is 272 g/mol. The fourth-order valence-electron chi connectivity index (χ4n) is 1.97. The van der Waals surface area contributed by atoms with Gasteiger partial charge in [-0.25, -0.2) is 8.42 Å². The molecule has 0 amide bonds. The Morgan fingerprint density at radius 2 is 1.55 bits per heavy atom. The Morgan fingerprint density at radius 1 is 0.950 bits per heavy atom. The number of hydrogen-bond donors (Lipinski definition) is 2. The topological polar surface area (TPSA) is 72.2 Å². The lowest BCUT2D eigenvalue weighted by atomic mass is 10.2. The lowest BCUT2D eigenvalue weighted by molar-refractivity contribution is 0.600. The average molecular weight is 290 g/mol. The van der Waals surface area contributed by atoms with Crippen LogP contribution in [0.2, 0.25) is 0 Å². The molecule has 0 aromatic heterocycles. The average Bonchev–Trinajstić information content (AvgIpc) is 2.35. The molecule has 0 aliphatic rings. The predicted molar refractivity (Wildman–Crippen MR) is 82.3 cm³/mol. The summed E-state index contributed by atoms with van der Waals surface area (Å²) in [5.41, 5.74) is 9.25. The standard InChI is InChI=1S/C15H18N2O2S/c1-10-5-7-14(13(16)8-10)17-20(18,19)15-9-11(2)4-6-12(15)3/h4-9,17H,16H2,1-3H3. The van der Waals surface area contributed by atoms with Crippen LogP contribution in [0.25, 0.3) is 0 Å². The fourth-order valence-corrected chi connectivity index (χ4v) is 3.39. The molecule has 0 heterocycles. The fraction of sp³-hybridized carbons (Fsp3) is 0.200. The molecule has 106 valence electrons. The van der Waals surface area contributed by atoms with E-state index in [0.717, 1.165) is 11.1 Å². The van der Waals surface area contributed by atoms with Crippen molar-refractivity contribution in [2.24, 2.45) is 0 Å². The van der Waals surface area contributed by atoms with E-state index < -0.39 is 10.0 Å². The van der Waals surface area contributed by atoms with Crippen LogP contribution in [0.3, 0.4) is 0 Å². The van der Waals surface area contributed by atoms with Gasteiger partial charge in [-0.3, -0.25) is 4.72 Å². The number of rotatable bonds is 3. The first-order valence-corrected chi connectivity index (χ1v) is 7.74. The molecule has 3 N–H and O–H groups in total. The third-order valence-corrected chi connectivity index (χ3v) is 4.59. The van der Waals surface area contributed by atoms with Crippen LogP contribution < -0.4 is 10.5 Å². The summed E-state index contributed by atoms with van der Waals surface area (Å²) in [6.45, 7) is 5.53. The Hall–Kier alpha value is -2.01. The minimum absolute atomic E-state index is 0.275. The van der Waals surface area contributed by atoms with E-state index in [0.29, 0.717) is 16.9 Å². The van der Waals surface area contributed by atoms with E-state index in [1.54, 1.807) is 31.2 Å². The van der Waals surface area contributed by atoms with Gasteiger partial charge < -0.3 is 5.73 Å². The monoisotopic (exact) mass is 290 g/mol. The van der Waals surface area contributed by atoms with Gasteiger partial charge in [-0.1, -0.05) is 18.2 Å². The van der Waals surface area contributed by atoms with Crippen LogP contribution >= 0.6 is 0 Å². The quantitative estimate of drug-likeness (QED) is 0.854. The van der Waals surface area contributed by atoms with Gasteiger partial charge in [-0.2, -0.15) is 0 Å². The molecule has 5 heteroatoms. The number of aryl methyl sites for hydroxylation is 3. The highest BCUT2D eigenvalue weighted by Crippen LogP contribution is 2.25. The summed E-state index contributed by atoms with van der Waals surface area (Å²) in [7, 11) is -3.63. The highest BCUT2D eigenvalue weighted by atomic mass is 32.2. The zero-order valence-corrected chi connectivity index (χ0v) is 12.6. The SMILES string of the molecule is Cc1ccc(NS(=O)(=O)c2cc(C)ccc2C)c(N)c1. The summed E-state index contributed by atoms with van der Waals surface area (Å²) < 4.78 is 27.4. The van der Waals surface area contributed by atoms with Crippen LogP contribution in [0.1, 0.15) is 16.7 Å². The molecule has 4 nitrogen and oxygen atoms in total. The van der Waals surface area contributed by atoms with Gasteiger partial charge in [-0.05, 0) is 55.7 Å². The maximum Gasteiger partial charge on any atom is 0.262 e. The highest BCUT2D eigenvalue weighted by Gasteiger charge is 2.18. The molecule has 0 saturated carbocycles. The number of anilines is 2. The van der Waals surface area contributed by atoms with Crippen LogP contribution in [0, 0.1) is 20.8 Å². The largest absolute Gasteiger partial charge is 0.397 e. The zero-order chi connectivity index (χ0) is 14.9. The van der Waals surface area contributed by atoms with Gasteiger partial charge in [0.25, 0.3) is 10.0 Å². The van der Waals surface area contributed by atoms with E-state index in [-0.39, 0.29) is 4.90 Å². The summed E-state index contributed by atoms with van der Waals surface area (Å²) >= 11 is 0. The molecule has 0 unspecified atom stereocenters. The molecular formula is C15H18N2O2S. The van der Waals surface area contributed by atoms with Crippen LogP contribution in [0.5, 0.6) is 0 Å². The Bertz CT molecular complexity index is 752. The maximum atomic E-state index is 12.4. The molecule has 0 aliphatic carbocycles. The molecule has 2 rings (SSSR count). The van der Waals surface area contributed by atoms with Gasteiger partial charge >= 0.3 is 0 Å². The first-order valence-electron chi connectivity index (χ1n) is 6.26. The van der Waals surface area contributed by atoms with Crippen molar-refractivity contribution in [2.75, 3.05) is 10.5 Å². The van der Waals surface area contributed by atoms with E-state index in [1.165, 1.54) is 0 Å². The number of nitrogen functional groups attached to an aromatic ring is 1. The summed E-state index contributed by atoms with van der Waals surface area (Å²) in [5, 5.41) is 0. The molecule has 0 aliphatic heterocycles. The second-order valence-corrected chi connectivity index (χ2v) is 6.62. The van der Waals surface area contributed by atoms with E-state index in [9.17, 15) is 8.42 Å². The number of nitrogens with two attached hydrogens (primary N) is 1. The minimum Gasteiger partial charge on any atom is -0.397 e. The second-order valence-electron chi connectivity index (χ2n) is 4.97. The van der Waals surface area contributed by atoms with Gasteiger partial charge in [0.15, 0.2) is 0 Å². The van der Waals surface area contributed by atoms with Gasteiger partial charge in [0.2, 0.25) is 0 Å². The number of sulfonamides is 1. The molecule has 20 heavy (non-hydrogen) atoms. The molecule has 0 bridgehead atoms. The third kappa shape index (κ3) is 2.93. The lowest BCUT2D eigenvalue weighted by Gasteiger charge is -2.13. The minimum atomic E-state index is -3.63. The Morgan fingerprint density at radius 3 is 2.20 bits per heavy atom. The van der Waals surface area contributed by atoms with Gasteiger partial charge in [-0.15, -0.1) is 0 Å². The summed E-state index contributed by atoms with van der Waals surface area (Å²) in [4.78, 5) is 0.275. The normalized spacial score (nSPS) is 11.3. The lowest BCUT2D eigenvalue weighted by Crippen LogP contribution is -2.15. The molecule has 0 saturated heterocycles. The Kier molecular flexibility index (Phi) is 3.72. The van der Waals surface area contributed by atoms with Gasteiger partial charge in [0.1, 0.15) is 0 Å². The van der Waals surface area contributed by atoms with Crippen LogP contribution in [0.4, 0.5) is 11.4 Å². The third-order valence-electron chi connectivity index (χ3n) is 3.08. The van der Waals surface area contributed by atoms with Crippen molar-refractivity contribution in [3.8, 4) is 0 Å². The van der Waals surface area contributed by atoms with Crippen molar-refractivity contribution in [1.29, 1.82) is 0 Å². The first-order chi connectivity index (χ1) is 9.29. The molecule has 0 fully saturated rings. The van der Waals surface area contributed by atoms with Gasteiger partial charge in [0, 0.05) is 0 Å². The summed E-state index contributed by atoms with van der Waals surface area (Å²) in [6, 6.07) is 10.6. The highest BCUT2D eigenvalue weighted by molar-refractivity contribution is 7.92. The number of benzene rings is 2. The summed E-state index contributed by atoms with van der Waals surface area (Å²) in [5.74, 6) is 0. The van der Waals surface area contributed by atoms with Crippen LogP contribution in [-0.4, -0.2) is 8.42 Å². The molecule has 0 atom stereocenters. The van der Waals surface area contributed by atoms with Crippen molar-refractivity contribution in [2.45, 2.75) is 25.7 Å². The predicted octanol–water partition coefficient (Wildman–Crippen LogP) is 2.99. The molecule has 2 aromatic rings. The smallest absolute Gasteiger partial charge is 0.262 e. The van der Waals surface area contributed by atoms with Crippen molar-refractivity contribution in [3.63, 3.8) is 0 Å². The molecule has 2 aromatic carbocycles. The molecule has 0 radical (unpaired) electrons. The Balaban J connectivity index is 2.43. The van der Waals surface area contributed by atoms with Crippen LogP contribution in [-0.2, 0) is 10.0 Å².